The number of rotatable bonds is 1. The number of fused-ring (bicyclic) bond motifs is 1. The number of H-pyrrole nitrogens is 1. The van der Waals surface area contributed by atoms with Gasteiger partial charge in [0.2, 0.25) is 0 Å². The largest absolute Gasteiger partial charge is 0.361 e. The van der Waals surface area contributed by atoms with Crippen LogP contribution in [-0.4, -0.2) is 34.9 Å². The van der Waals surface area contributed by atoms with Gasteiger partial charge in [0.05, 0.1) is 0 Å². The molecule has 2 unspecified atom stereocenters. The van der Waals surface area contributed by atoms with E-state index in [0.29, 0.717) is 12.5 Å². The summed E-state index contributed by atoms with van der Waals surface area (Å²) in [6, 6.07) is 7.83. The third-order valence-corrected chi connectivity index (χ3v) is 3.76. The molecule has 1 aliphatic rings. The molecule has 94 valence electrons. The molecule has 1 aromatic heterocycles. The number of nitrogens with two attached hydrogens (primary N) is 1. The number of hydrogen-bond donors (Lipinski definition) is 2. The minimum atomic E-state index is 0.0814. The number of nitrogens with zero attached hydrogens (tertiary/aromatic N) is 1. The number of nitrogens with one attached hydrogen (secondary N) is 1. The summed E-state index contributed by atoms with van der Waals surface area (Å²) >= 11 is 0. The van der Waals surface area contributed by atoms with Gasteiger partial charge < -0.3 is 15.6 Å². The Hall–Kier alpha value is -1.81. The zero-order chi connectivity index (χ0) is 12.7. The molecule has 2 heterocycles. The average molecular weight is 243 g/mol. The monoisotopic (exact) mass is 243 g/mol. The maximum absolute atomic E-state index is 12.4. The molecular weight excluding hydrogens is 226 g/mol. The van der Waals surface area contributed by atoms with Crippen molar-refractivity contribution in [2.75, 3.05) is 13.1 Å². The molecule has 18 heavy (non-hydrogen) atoms. The third-order valence-electron chi connectivity index (χ3n) is 3.76. The molecule has 3 rings (SSSR count). The number of aromatic amines is 1. The molecule has 1 saturated heterocycles. The number of carbonyl (C=O) groups excluding carboxylic acids is 1. The molecule has 1 aliphatic heterocycles. The average Bonchev–Trinajstić information content (AvgIpc) is 2.95. The molecule has 4 heteroatoms. The highest BCUT2D eigenvalue weighted by Crippen LogP contribution is 2.20. The highest BCUT2D eigenvalue weighted by molar-refractivity contribution is 5.98. The zero-order valence-corrected chi connectivity index (χ0v) is 10.4. The van der Waals surface area contributed by atoms with Crippen molar-refractivity contribution in [2.24, 2.45) is 11.7 Å². The predicted octanol–water partition coefficient (Wildman–Crippen LogP) is 1.59. The molecule has 2 aromatic rings. The lowest BCUT2D eigenvalue weighted by molar-refractivity contribution is 0.0787. The first-order valence-corrected chi connectivity index (χ1v) is 6.27. The first-order chi connectivity index (χ1) is 8.65. The van der Waals surface area contributed by atoms with E-state index < -0.39 is 0 Å². The van der Waals surface area contributed by atoms with Gasteiger partial charge in [-0.3, -0.25) is 4.79 Å². The molecule has 1 aromatic carbocycles. The van der Waals surface area contributed by atoms with Gasteiger partial charge in [-0.05, 0) is 30.2 Å². The van der Waals surface area contributed by atoms with Crippen molar-refractivity contribution in [1.29, 1.82) is 0 Å². The van der Waals surface area contributed by atoms with Gasteiger partial charge in [-0.15, -0.1) is 0 Å². The summed E-state index contributed by atoms with van der Waals surface area (Å²) < 4.78 is 0. The Kier molecular flexibility index (Phi) is 2.59. The van der Waals surface area contributed by atoms with Crippen molar-refractivity contribution < 1.29 is 4.79 Å². The van der Waals surface area contributed by atoms with E-state index in [4.69, 9.17) is 5.73 Å². The molecule has 0 aliphatic carbocycles. The summed E-state index contributed by atoms with van der Waals surface area (Å²) in [6.45, 7) is 3.50. The van der Waals surface area contributed by atoms with Crippen molar-refractivity contribution in [3.05, 3.63) is 36.0 Å². The van der Waals surface area contributed by atoms with Gasteiger partial charge in [-0.25, -0.2) is 0 Å². The van der Waals surface area contributed by atoms with E-state index in [1.54, 1.807) is 0 Å². The Morgan fingerprint density at radius 3 is 2.94 bits per heavy atom. The van der Waals surface area contributed by atoms with Crippen LogP contribution in [0.2, 0.25) is 0 Å². The summed E-state index contributed by atoms with van der Waals surface area (Å²) in [5.41, 5.74) is 7.75. The van der Waals surface area contributed by atoms with Crippen LogP contribution in [0.15, 0.2) is 30.5 Å². The zero-order valence-electron chi connectivity index (χ0n) is 10.4. The van der Waals surface area contributed by atoms with E-state index in [1.165, 1.54) is 0 Å². The van der Waals surface area contributed by atoms with Gasteiger partial charge in [0.15, 0.2) is 0 Å². The first-order valence-electron chi connectivity index (χ1n) is 6.27. The second kappa shape index (κ2) is 4.14. The second-order valence-electron chi connectivity index (χ2n) is 5.13. The number of benzene rings is 1. The minimum absolute atomic E-state index is 0.0814. The summed E-state index contributed by atoms with van der Waals surface area (Å²) in [6.07, 6.45) is 1.88. The maximum atomic E-state index is 12.4. The topological polar surface area (TPSA) is 62.1 Å². The quantitative estimate of drug-likeness (QED) is 0.799. The fourth-order valence-corrected chi connectivity index (χ4v) is 2.53. The number of hydrogen-bond acceptors (Lipinski definition) is 2. The van der Waals surface area contributed by atoms with E-state index in [1.807, 2.05) is 35.4 Å². The molecule has 4 nitrogen and oxygen atoms in total. The first kappa shape index (κ1) is 11.3. The van der Waals surface area contributed by atoms with Crippen LogP contribution in [0, 0.1) is 5.92 Å². The Morgan fingerprint density at radius 1 is 1.39 bits per heavy atom. The van der Waals surface area contributed by atoms with E-state index in [9.17, 15) is 4.79 Å². The van der Waals surface area contributed by atoms with Crippen LogP contribution in [0.5, 0.6) is 0 Å². The molecule has 2 atom stereocenters. The fourth-order valence-electron chi connectivity index (χ4n) is 2.53. The van der Waals surface area contributed by atoms with Gasteiger partial charge in [-0.1, -0.05) is 6.92 Å². The van der Waals surface area contributed by atoms with Crippen molar-refractivity contribution in [2.45, 2.75) is 13.0 Å². The normalized spacial score (nSPS) is 23.8. The SMILES string of the molecule is CC1CN(C(=O)c2ccc3[nH]ccc3c2)CC1N. The van der Waals surface area contributed by atoms with Gasteiger partial charge in [0.1, 0.15) is 0 Å². The van der Waals surface area contributed by atoms with Crippen LogP contribution in [0.25, 0.3) is 10.9 Å². The van der Waals surface area contributed by atoms with Crippen LogP contribution < -0.4 is 5.73 Å². The molecule has 0 bridgehead atoms. The van der Waals surface area contributed by atoms with E-state index in [2.05, 4.69) is 11.9 Å². The van der Waals surface area contributed by atoms with Crippen LogP contribution in [0.3, 0.4) is 0 Å². The van der Waals surface area contributed by atoms with E-state index in [0.717, 1.165) is 23.0 Å². The number of amides is 1. The molecule has 0 spiro atoms. The fraction of sp³-hybridized carbons (Fsp3) is 0.357. The Balaban J connectivity index is 1.87. The minimum Gasteiger partial charge on any atom is -0.361 e. The van der Waals surface area contributed by atoms with Gasteiger partial charge in [0, 0.05) is 41.8 Å². The van der Waals surface area contributed by atoms with Crippen LogP contribution >= 0.6 is 0 Å². The Bertz CT molecular complexity index is 579. The lowest BCUT2D eigenvalue weighted by Crippen LogP contribution is -2.32. The Labute approximate surface area is 106 Å². The van der Waals surface area contributed by atoms with Crippen molar-refractivity contribution >= 4 is 16.8 Å². The van der Waals surface area contributed by atoms with E-state index in [-0.39, 0.29) is 11.9 Å². The van der Waals surface area contributed by atoms with Gasteiger partial charge in [-0.2, -0.15) is 0 Å². The number of aromatic nitrogens is 1. The van der Waals surface area contributed by atoms with Crippen LogP contribution in [0.1, 0.15) is 17.3 Å². The lowest BCUT2D eigenvalue weighted by Gasteiger charge is -2.15. The summed E-state index contributed by atoms with van der Waals surface area (Å²) in [4.78, 5) is 17.3. The second-order valence-corrected chi connectivity index (χ2v) is 5.13. The molecular formula is C14H17N3O. The van der Waals surface area contributed by atoms with Crippen molar-refractivity contribution in [3.63, 3.8) is 0 Å². The molecule has 1 amide bonds. The summed E-state index contributed by atoms with van der Waals surface area (Å²) in [5.74, 6) is 0.461. The number of likely N-dealkylation sites (tertiary alicyclic amines) is 1. The summed E-state index contributed by atoms with van der Waals surface area (Å²) in [7, 11) is 0. The highest BCUT2D eigenvalue weighted by Gasteiger charge is 2.30. The standard InChI is InChI=1S/C14H17N3O/c1-9-7-17(8-12(9)15)14(18)11-2-3-13-10(6-11)4-5-16-13/h2-6,9,12,16H,7-8,15H2,1H3. The van der Waals surface area contributed by atoms with Crippen LogP contribution in [0.4, 0.5) is 0 Å². The van der Waals surface area contributed by atoms with E-state index >= 15 is 0 Å². The predicted molar refractivity (Wildman–Crippen MR) is 71.3 cm³/mol. The van der Waals surface area contributed by atoms with Gasteiger partial charge in [0.25, 0.3) is 5.91 Å². The van der Waals surface area contributed by atoms with Crippen molar-refractivity contribution in [1.82, 2.24) is 9.88 Å². The van der Waals surface area contributed by atoms with Crippen molar-refractivity contribution in [3.8, 4) is 0 Å². The van der Waals surface area contributed by atoms with Crippen LogP contribution in [-0.2, 0) is 0 Å². The smallest absolute Gasteiger partial charge is 0.253 e. The highest BCUT2D eigenvalue weighted by atomic mass is 16.2. The third kappa shape index (κ3) is 1.78. The summed E-state index contributed by atoms with van der Waals surface area (Å²) in [5, 5.41) is 1.07. The van der Waals surface area contributed by atoms with Gasteiger partial charge >= 0.3 is 0 Å². The molecule has 0 saturated carbocycles. The lowest BCUT2D eigenvalue weighted by atomic mass is 10.1. The number of carbonyl (C=O) groups is 1. The molecule has 3 N–H and O–H groups in total. The maximum Gasteiger partial charge on any atom is 0.253 e. The molecule has 0 radical (unpaired) electrons. The Morgan fingerprint density at radius 2 is 2.22 bits per heavy atom. The molecule has 1 fully saturated rings.